The molecule has 6 bridgehead atoms. The fourth-order valence-electron chi connectivity index (χ4n) is 13.2. The normalized spacial score (nSPS) is 14.2. The topological polar surface area (TPSA) is 102 Å². The maximum atomic E-state index is 8.24. The molecule has 10 nitrogen and oxygen atoms in total. The summed E-state index contributed by atoms with van der Waals surface area (Å²) < 4.78 is 21.0. The summed E-state index contributed by atoms with van der Waals surface area (Å²) in [5, 5.41) is 3.61. The molecule has 6 aromatic carbocycles. The number of unbranched alkanes of at least 4 members (excludes halogenated alkanes) is 24. The van der Waals surface area contributed by atoms with Crippen molar-refractivity contribution in [1.82, 2.24) is 5.58 Å². The Morgan fingerprint density at radius 1 is 0.306 bits per heavy atom. The zero-order valence-corrected chi connectivity index (χ0v) is 53.4. The molecule has 0 fully saturated rings. The molecular formula is C74H86N8O2Sn. The molecule has 0 saturated heterocycles. The second-order valence-corrected chi connectivity index (χ2v) is 31.0. The molecule has 85 heavy (non-hydrogen) atoms. The van der Waals surface area contributed by atoms with Crippen LogP contribution in [0.25, 0.3) is 21.5 Å². The Morgan fingerprint density at radius 2 is 0.624 bits per heavy atom. The van der Waals surface area contributed by atoms with Gasteiger partial charge in [0.2, 0.25) is 0 Å². The number of benzene rings is 6. The molecular weight excluding hydrogens is 1150 g/mol. The monoisotopic (exact) mass is 1240 g/mol. The van der Waals surface area contributed by atoms with Crippen molar-refractivity contribution in [3.63, 3.8) is 0 Å². The van der Waals surface area contributed by atoms with Gasteiger partial charge in [-0.2, -0.15) is 0 Å². The molecule has 6 heterocycles. The van der Waals surface area contributed by atoms with Gasteiger partial charge in [0, 0.05) is 0 Å². The molecule has 438 valence electrons. The van der Waals surface area contributed by atoms with E-state index in [4.69, 9.17) is 36.1 Å². The fraction of sp³-hybridized carbons (Fsp3) is 0.405. The van der Waals surface area contributed by atoms with Crippen LogP contribution in [0.3, 0.4) is 0 Å². The van der Waals surface area contributed by atoms with E-state index >= 15 is 0 Å². The van der Waals surface area contributed by atoms with Crippen molar-refractivity contribution in [3.8, 4) is 11.5 Å². The Hall–Kier alpha value is -6.92. The van der Waals surface area contributed by atoms with Gasteiger partial charge in [0.25, 0.3) is 0 Å². The third-order valence-electron chi connectivity index (χ3n) is 17.8. The molecule has 0 saturated carbocycles. The van der Waals surface area contributed by atoms with Crippen molar-refractivity contribution in [2.24, 2.45) is 30.0 Å². The number of fused-ring (bicyclic) bond motifs is 14. The third kappa shape index (κ3) is 13.3. The molecule has 11 heteroatoms. The van der Waals surface area contributed by atoms with Crippen molar-refractivity contribution in [1.29, 1.82) is 0 Å². The molecule has 12 rings (SSSR count). The summed E-state index contributed by atoms with van der Waals surface area (Å²) in [6.07, 6.45) is 36.3. The van der Waals surface area contributed by atoms with Gasteiger partial charge in [-0.05, 0) is 0 Å². The van der Waals surface area contributed by atoms with Crippen LogP contribution in [0.2, 0.25) is 0 Å². The number of rotatable bonds is 32. The molecule has 0 radical (unpaired) electrons. The van der Waals surface area contributed by atoms with E-state index in [2.05, 4.69) is 165 Å². The van der Waals surface area contributed by atoms with Crippen LogP contribution in [-0.4, -0.2) is 48.7 Å². The number of hydrogen-bond donors (Lipinski definition) is 0. The molecule has 8 aromatic rings. The van der Waals surface area contributed by atoms with Gasteiger partial charge in [0.05, 0.1) is 0 Å². The Kier molecular flexibility index (Phi) is 19.6. The fourth-order valence-corrected chi connectivity index (χ4v) is 22.4. The van der Waals surface area contributed by atoms with Crippen LogP contribution in [0.5, 0.6) is 11.5 Å². The maximum absolute atomic E-state index is 8.24. The number of aromatic nitrogens is 2. The molecule has 4 aliphatic heterocycles. The minimum atomic E-state index is -5.88. The number of hydrogen-bond acceptors (Lipinski definition) is 8. The predicted octanol–water partition coefficient (Wildman–Crippen LogP) is 18.8. The van der Waals surface area contributed by atoms with E-state index in [1.54, 1.807) is 0 Å². The van der Waals surface area contributed by atoms with E-state index in [0.29, 0.717) is 46.0 Å². The Balaban J connectivity index is 0.955. The minimum absolute atomic E-state index is 0.575. The van der Waals surface area contributed by atoms with E-state index in [9.17, 15) is 0 Å². The van der Waals surface area contributed by atoms with Crippen molar-refractivity contribution in [2.75, 3.05) is 0 Å². The van der Waals surface area contributed by atoms with Gasteiger partial charge in [-0.1, -0.05) is 90.9 Å². The average Bonchev–Trinajstić information content (AvgIpc) is 1.62. The van der Waals surface area contributed by atoms with Crippen LogP contribution in [0.15, 0.2) is 176 Å². The van der Waals surface area contributed by atoms with Crippen molar-refractivity contribution >= 4 is 76.3 Å². The van der Waals surface area contributed by atoms with Gasteiger partial charge in [0.1, 0.15) is 0 Å². The van der Waals surface area contributed by atoms with Gasteiger partial charge in [-0.15, -0.1) is 0 Å². The Labute approximate surface area is 509 Å². The SMILES string of the molecule is CCCCCCCCCCCCCCCc1cccc([O][Sn]2([O]c3cccc(CCCCCCCCCCCCCCC)c3)[n]3c4c5ccccc5c3N=C3N=C(N=c5c6ccccc6c([n]52)=NC2=NC(=N4)c4ccccc42)c2ccccc23)c1. The van der Waals surface area contributed by atoms with Crippen LogP contribution in [0.4, 0.5) is 11.6 Å². The summed E-state index contributed by atoms with van der Waals surface area (Å²) in [6, 6.07) is 51.1. The summed E-state index contributed by atoms with van der Waals surface area (Å²) in [5.41, 5.74) is 7.41. The van der Waals surface area contributed by atoms with E-state index < -0.39 is 19.8 Å². The van der Waals surface area contributed by atoms with Crippen molar-refractivity contribution in [3.05, 3.63) is 190 Å². The first-order chi connectivity index (χ1) is 42.1. The first kappa shape index (κ1) is 58.5. The standard InChI is InChI=1S/C32H16N8.2C21H36O.Sn/c1-2-10-18-17(9-1)25-33-26(18)38-28-21-13-5-6-14-22(21)30(35-28)40-32-24-16-8-7-15-23(24)31(36-32)39-29-20-12-4-3-11-19(20)27(34-29)37-25;2*1-2-3-4-5-6-7-8-9-10-11-12-13-14-16-20-17-15-18-21(22)19-20;/h1-16H;2*15,17-19,22H,2-14,16H2,1H3;/q-2;;;+4/p-2. The van der Waals surface area contributed by atoms with Crippen LogP contribution in [0, 0.1) is 0 Å². The van der Waals surface area contributed by atoms with E-state index in [0.717, 1.165) is 81.0 Å². The van der Waals surface area contributed by atoms with Crippen LogP contribution < -0.4 is 17.1 Å². The molecule has 4 aliphatic rings. The second-order valence-electron chi connectivity index (χ2n) is 24.1. The summed E-state index contributed by atoms with van der Waals surface area (Å²) >= 11 is -5.88. The summed E-state index contributed by atoms with van der Waals surface area (Å²) in [7, 11) is 0. The number of amidine groups is 4. The van der Waals surface area contributed by atoms with Gasteiger partial charge in [-0.25, -0.2) is 0 Å². The van der Waals surface area contributed by atoms with Gasteiger partial charge in [0.15, 0.2) is 0 Å². The number of aliphatic imine (C=N–C) groups is 4. The van der Waals surface area contributed by atoms with Crippen LogP contribution in [0.1, 0.15) is 214 Å². The third-order valence-corrected chi connectivity index (χ3v) is 26.3. The quantitative estimate of drug-likeness (QED) is 0.0310. The summed E-state index contributed by atoms with van der Waals surface area (Å²) in [5.74, 6) is 5.04. The number of aryl methyl sites for hydroxylation is 2. The van der Waals surface area contributed by atoms with Crippen LogP contribution in [-0.2, 0) is 12.8 Å². The zero-order chi connectivity index (χ0) is 57.6. The van der Waals surface area contributed by atoms with E-state index in [1.165, 1.54) is 165 Å². The van der Waals surface area contributed by atoms with Gasteiger partial charge in [-0.3, -0.25) is 0 Å². The average molecular weight is 1240 g/mol. The molecule has 0 atom stereocenters. The molecule has 0 unspecified atom stereocenters. The van der Waals surface area contributed by atoms with Crippen molar-refractivity contribution in [2.45, 2.75) is 194 Å². The first-order valence-electron chi connectivity index (χ1n) is 32.9. The Morgan fingerprint density at radius 3 is 0.988 bits per heavy atom. The molecule has 2 aromatic heterocycles. The predicted molar refractivity (Wildman–Crippen MR) is 354 cm³/mol. The van der Waals surface area contributed by atoms with E-state index in [1.807, 2.05) is 0 Å². The Bertz CT molecular complexity index is 3640. The van der Waals surface area contributed by atoms with E-state index in [-0.39, 0.29) is 0 Å². The summed E-state index contributed by atoms with van der Waals surface area (Å²) in [6.45, 7) is 4.59. The molecule has 0 amide bonds. The van der Waals surface area contributed by atoms with Gasteiger partial charge < -0.3 is 0 Å². The molecule has 0 spiro atoms. The number of nitrogens with zero attached hydrogens (tertiary/aromatic N) is 8. The van der Waals surface area contributed by atoms with Gasteiger partial charge >= 0.3 is 422 Å². The van der Waals surface area contributed by atoms with Crippen LogP contribution >= 0.6 is 0 Å². The molecule has 0 aliphatic carbocycles. The summed E-state index contributed by atoms with van der Waals surface area (Å²) in [4.78, 5) is 33.5. The van der Waals surface area contributed by atoms with Crippen molar-refractivity contribution < 1.29 is 6.15 Å². The molecule has 0 N–H and O–H groups in total. The zero-order valence-electron chi connectivity index (χ0n) is 50.5. The second kappa shape index (κ2) is 28.5. The first-order valence-corrected chi connectivity index (χ1v) is 37.8.